The van der Waals surface area contributed by atoms with Crippen molar-refractivity contribution in [2.24, 2.45) is 0 Å². The van der Waals surface area contributed by atoms with Crippen LogP contribution < -0.4 is 5.32 Å². The molecule has 21 heavy (non-hydrogen) atoms. The van der Waals surface area contributed by atoms with Crippen LogP contribution >= 0.6 is 0 Å². The quantitative estimate of drug-likeness (QED) is 0.863. The third-order valence-corrected chi connectivity index (χ3v) is 3.49. The minimum atomic E-state index is -0.333. The van der Waals surface area contributed by atoms with Gasteiger partial charge in [0.05, 0.1) is 0 Å². The van der Waals surface area contributed by atoms with E-state index in [0.29, 0.717) is 6.54 Å². The summed E-state index contributed by atoms with van der Waals surface area (Å²) >= 11 is 0. The molecular weight excluding hydrogens is 264 g/mol. The third kappa shape index (κ3) is 4.18. The zero-order chi connectivity index (χ0) is 15.2. The SMILES string of the molecule is CC(C)NC(=O)[C@@H]1CCCN1C(=O)/C=C/c1ccccc1. The zero-order valence-corrected chi connectivity index (χ0v) is 12.6. The van der Waals surface area contributed by atoms with Gasteiger partial charge in [-0.05, 0) is 38.3 Å². The Balaban J connectivity index is 2.01. The number of hydrogen-bond donors (Lipinski definition) is 1. The molecule has 0 spiro atoms. The highest BCUT2D eigenvalue weighted by Crippen LogP contribution is 2.18. The number of nitrogens with zero attached hydrogens (tertiary/aromatic N) is 1. The smallest absolute Gasteiger partial charge is 0.247 e. The highest BCUT2D eigenvalue weighted by atomic mass is 16.2. The Morgan fingerprint density at radius 2 is 2.00 bits per heavy atom. The summed E-state index contributed by atoms with van der Waals surface area (Å²) in [4.78, 5) is 26.1. The molecule has 1 atom stereocenters. The Labute approximate surface area is 125 Å². The molecule has 1 aromatic rings. The van der Waals surface area contributed by atoms with Crippen LogP contribution in [0.15, 0.2) is 36.4 Å². The van der Waals surface area contributed by atoms with Crippen LogP contribution in [-0.2, 0) is 9.59 Å². The maximum atomic E-state index is 12.3. The summed E-state index contributed by atoms with van der Waals surface area (Å²) < 4.78 is 0. The number of nitrogens with one attached hydrogen (secondary N) is 1. The molecule has 1 heterocycles. The summed E-state index contributed by atoms with van der Waals surface area (Å²) in [6.45, 7) is 4.50. The minimum Gasteiger partial charge on any atom is -0.352 e. The van der Waals surface area contributed by atoms with Gasteiger partial charge in [-0.2, -0.15) is 0 Å². The average molecular weight is 286 g/mol. The van der Waals surface area contributed by atoms with Gasteiger partial charge in [0.25, 0.3) is 0 Å². The van der Waals surface area contributed by atoms with Crippen LogP contribution in [0.1, 0.15) is 32.3 Å². The van der Waals surface area contributed by atoms with E-state index >= 15 is 0 Å². The lowest BCUT2D eigenvalue weighted by Gasteiger charge is -2.23. The number of amides is 2. The molecule has 4 heteroatoms. The maximum absolute atomic E-state index is 12.3. The first-order valence-corrected chi connectivity index (χ1v) is 7.42. The molecule has 0 radical (unpaired) electrons. The van der Waals surface area contributed by atoms with Gasteiger partial charge >= 0.3 is 0 Å². The summed E-state index contributed by atoms with van der Waals surface area (Å²) in [6, 6.07) is 9.44. The van der Waals surface area contributed by atoms with Crippen molar-refractivity contribution in [3.8, 4) is 0 Å². The lowest BCUT2D eigenvalue weighted by atomic mass is 10.2. The first-order chi connectivity index (χ1) is 10.1. The first kappa shape index (κ1) is 15.3. The van der Waals surface area contributed by atoms with Gasteiger partial charge in [0.15, 0.2) is 0 Å². The van der Waals surface area contributed by atoms with Crippen molar-refractivity contribution >= 4 is 17.9 Å². The molecule has 112 valence electrons. The van der Waals surface area contributed by atoms with Gasteiger partial charge in [0.1, 0.15) is 6.04 Å². The van der Waals surface area contributed by atoms with E-state index < -0.39 is 0 Å². The lowest BCUT2D eigenvalue weighted by molar-refractivity contribution is -0.135. The molecule has 1 saturated heterocycles. The van der Waals surface area contributed by atoms with Crippen LogP contribution in [0.5, 0.6) is 0 Å². The highest BCUT2D eigenvalue weighted by Gasteiger charge is 2.33. The number of benzene rings is 1. The zero-order valence-electron chi connectivity index (χ0n) is 12.6. The molecule has 0 bridgehead atoms. The summed E-state index contributed by atoms with van der Waals surface area (Å²) in [5.41, 5.74) is 0.980. The Hall–Kier alpha value is -2.10. The summed E-state index contributed by atoms with van der Waals surface area (Å²) in [7, 11) is 0. The monoisotopic (exact) mass is 286 g/mol. The predicted molar refractivity (Wildman–Crippen MR) is 83.5 cm³/mol. The second-order valence-electron chi connectivity index (χ2n) is 5.60. The van der Waals surface area contributed by atoms with Crippen LogP contribution in [0, 0.1) is 0 Å². The van der Waals surface area contributed by atoms with E-state index in [2.05, 4.69) is 5.32 Å². The van der Waals surface area contributed by atoms with E-state index in [1.807, 2.05) is 44.2 Å². The normalized spacial score (nSPS) is 18.4. The molecule has 1 aliphatic rings. The Morgan fingerprint density at radius 1 is 1.29 bits per heavy atom. The fourth-order valence-electron chi connectivity index (χ4n) is 2.51. The molecule has 0 unspecified atom stereocenters. The molecule has 0 aromatic heterocycles. The van der Waals surface area contributed by atoms with Gasteiger partial charge < -0.3 is 10.2 Å². The van der Waals surface area contributed by atoms with E-state index in [-0.39, 0.29) is 23.9 Å². The van der Waals surface area contributed by atoms with E-state index in [4.69, 9.17) is 0 Å². The number of rotatable bonds is 4. The molecular formula is C17H22N2O2. The summed E-state index contributed by atoms with van der Waals surface area (Å²) in [5.74, 6) is -0.149. The van der Waals surface area contributed by atoms with Gasteiger partial charge in [-0.1, -0.05) is 30.3 Å². The molecule has 1 aliphatic heterocycles. The molecule has 2 rings (SSSR count). The topological polar surface area (TPSA) is 49.4 Å². The van der Waals surface area contributed by atoms with Crippen molar-refractivity contribution in [1.29, 1.82) is 0 Å². The number of hydrogen-bond acceptors (Lipinski definition) is 2. The van der Waals surface area contributed by atoms with E-state index in [1.54, 1.807) is 17.1 Å². The molecule has 1 N–H and O–H groups in total. The second-order valence-corrected chi connectivity index (χ2v) is 5.60. The summed E-state index contributed by atoms with van der Waals surface area (Å²) in [5, 5.41) is 2.89. The predicted octanol–water partition coefficient (Wildman–Crippen LogP) is 2.22. The van der Waals surface area contributed by atoms with Crippen molar-refractivity contribution in [3.05, 3.63) is 42.0 Å². The van der Waals surface area contributed by atoms with Gasteiger partial charge in [-0.3, -0.25) is 9.59 Å². The van der Waals surface area contributed by atoms with Crippen molar-refractivity contribution in [1.82, 2.24) is 10.2 Å². The van der Waals surface area contributed by atoms with Gasteiger partial charge in [0.2, 0.25) is 11.8 Å². The fraction of sp³-hybridized carbons (Fsp3) is 0.412. The van der Waals surface area contributed by atoms with E-state index in [1.165, 1.54) is 0 Å². The largest absolute Gasteiger partial charge is 0.352 e. The number of carbonyl (C=O) groups is 2. The standard InChI is InChI=1S/C17H22N2O2/c1-13(2)18-17(21)15-9-6-12-19(15)16(20)11-10-14-7-4-3-5-8-14/h3-5,7-8,10-11,13,15H,6,9,12H2,1-2H3,(H,18,21)/b11-10+/t15-/m0/s1. The van der Waals surface area contributed by atoms with Gasteiger partial charge in [-0.25, -0.2) is 0 Å². The molecule has 1 fully saturated rings. The van der Waals surface area contributed by atoms with Crippen LogP contribution in [0.25, 0.3) is 6.08 Å². The molecule has 2 amide bonds. The third-order valence-electron chi connectivity index (χ3n) is 3.49. The van der Waals surface area contributed by atoms with Crippen LogP contribution in [0.3, 0.4) is 0 Å². The Kier molecular flexibility index (Phi) is 5.14. The maximum Gasteiger partial charge on any atom is 0.247 e. The van der Waals surface area contributed by atoms with Crippen LogP contribution in [0.2, 0.25) is 0 Å². The average Bonchev–Trinajstić information content (AvgIpc) is 2.95. The highest BCUT2D eigenvalue weighted by molar-refractivity contribution is 5.96. The van der Waals surface area contributed by atoms with Crippen LogP contribution in [-0.4, -0.2) is 35.3 Å². The first-order valence-electron chi connectivity index (χ1n) is 7.42. The van der Waals surface area contributed by atoms with Crippen molar-refractivity contribution in [3.63, 3.8) is 0 Å². The molecule has 4 nitrogen and oxygen atoms in total. The van der Waals surface area contributed by atoms with Crippen molar-refractivity contribution in [2.45, 2.75) is 38.8 Å². The number of likely N-dealkylation sites (tertiary alicyclic amines) is 1. The minimum absolute atomic E-state index is 0.0519. The van der Waals surface area contributed by atoms with Gasteiger partial charge in [-0.15, -0.1) is 0 Å². The van der Waals surface area contributed by atoms with Gasteiger partial charge in [0, 0.05) is 18.7 Å². The second kappa shape index (κ2) is 7.07. The lowest BCUT2D eigenvalue weighted by Crippen LogP contribution is -2.47. The molecule has 0 saturated carbocycles. The Morgan fingerprint density at radius 3 is 2.67 bits per heavy atom. The van der Waals surface area contributed by atoms with Crippen molar-refractivity contribution in [2.75, 3.05) is 6.54 Å². The summed E-state index contributed by atoms with van der Waals surface area (Å²) in [6.07, 6.45) is 4.96. The van der Waals surface area contributed by atoms with E-state index in [0.717, 1.165) is 18.4 Å². The van der Waals surface area contributed by atoms with E-state index in [9.17, 15) is 9.59 Å². The number of carbonyl (C=O) groups excluding carboxylic acids is 2. The van der Waals surface area contributed by atoms with Crippen LogP contribution in [0.4, 0.5) is 0 Å². The Bertz CT molecular complexity index is 523. The molecule has 1 aromatic carbocycles. The fourth-order valence-corrected chi connectivity index (χ4v) is 2.51. The molecule has 0 aliphatic carbocycles. The van der Waals surface area contributed by atoms with Crippen molar-refractivity contribution < 1.29 is 9.59 Å².